The van der Waals surface area contributed by atoms with Gasteiger partial charge in [0.15, 0.2) is 0 Å². The minimum Gasteiger partial charge on any atom is -0.325 e. The molecule has 0 aliphatic rings. The summed E-state index contributed by atoms with van der Waals surface area (Å²) < 4.78 is 0. The Kier molecular flexibility index (Phi) is 29.3. The number of rotatable bonds is 15. The highest BCUT2D eigenvalue weighted by atomic mass is 32.5. The molecule has 0 spiro atoms. The highest BCUT2D eigenvalue weighted by Crippen LogP contribution is 2.27. The molecule has 0 heterocycles. The fourth-order valence-electron chi connectivity index (χ4n) is 2.62. The molecule has 174 valence electrons. The van der Waals surface area contributed by atoms with Crippen molar-refractivity contribution < 1.29 is 29.4 Å². The molecule has 0 fully saturated rings. The maximum absolute atomic E-state index is 7.56. The second kappa shape index (κ2) is 24.3. The molecule has 0 aromatic rings. The average molecular weight is 483 g/mol. The second-order valence-electron chi connectivity index (χ2n) is 6.98. The smallest absolute Gasteiger partial charge is 0.319 e. The topological polar surface area (TPSA) is 121 Å². The molecule has 0 aliphatic carbocycles. The van der Waals surface area contributed by atoms with E-state index in [1.807, 2.05) is 0 Å². The Bertz CT molecular complexity index is 336. The lowest BCUT2D eigenvalue weighted by molar-refractivity contribution is 0.361. The number of hydrogen-bond donors (Lipinski definition) is 6. The molecule has 0 aromatic carbocycles. The first-order chi connectivity index (χ1) is 12.9. The van der Waals surface area contributed by atoms with Gasteiger partial charge in [-0.05, 0) is 23.6 Å². The predicted octanol–water partition coefficient (Wildman–Crippen LogP) is 5.64. The Morgan fingerprint density at radius 2 is 0.500 bits per heavy atom. The average Bonchev–Trinajstić information content (AvgIpc) is 2.52. The molecule has 10 heteroatoms. The van der Waals surface area contributed by atoms with E-state index in [0.717, 1.165) is 0 Å². The first-order valence-electron chi connectivity index (χ1n) is 10.5. The molecule has 0 aliphatic heterocycles. The van der Waals surface area contributed by atoms with Crippen LogP contribution in [0.4, 0.5) is 0 Å². The van der Waals surface area contributed by atoms with Gasteiger partial charge in [-0.1, -0.05) is 117 Å². The Labute approximate surface area is 182 Å². The van der Waals surface area contributed by atoms with Crippen LogP contribution in [-0.2, 0) is 23.6 Å². The van der Waals surface area contributed by atoms with Crippen molar-refractivity contribution in [1.82, 2.24) is 0 Å². The molecule has 0 rings (SSSR count). The van der Waals surface area contributed by atoms with Gasteiger partial charge in [0.25, 0.3) is 0 Å². The van der Waals surface area contributed by atoms with E-state index >= 15 is 0 Å². The zero-order valence-electron chi connectivity index (χ0n) is 17.7. The summed E-state index contributed by atoms with van der Waals surface area (Å²) in [7, 11) is 0. The monoisotopic (exact) mass is 482 g/mol. The summed E-state index contributed by atoms with van der Waals surface area (Å²) in [6, 6.07) is 0. The molecule has 28 heavy (non-hydrogen) atoms. The van der Waals surface area contributed by atoms with E-state index < -0.39 is 13.4 Å². The molecule has 6 N–H and O–H groups in total. The van der Waals surface area contributed by atoms with Gasteiger partial charge < -0.3 is 29.4 Å². The van der Waals surface area contributed by atoms with Crippen LogP contribution in [0.2, 0.25) is 0 Å². The molecule has 0 saturated carbocycles. The summed E-state index contributed by atoms with van der Waals surface area (Å²) in [5, 5.41) is 0. The van der Waals surface area contributed by atoms with E-state index in [1.54, 1.807) is 0 Å². The Hall–Kier alpha value is 1.06. The fourth-order valence-corrected chi connectivity index (χ4v) is 2.62. The molecule has 0 bridgehead atoms. The molecule has 0 saturated heterocycles. The molecule has 0 amide bonds. The van der Waals surface area contributed by atoms with Crippen LogP contribution in [0, 0.1) is 0 Å². The third kappa shape index (κ3) is 71.3. The van der Waals surface area contributed by atoms with Crippen LogP contribution in [0.3, 0.4) is 0 Å². The van der Waals surface area contributed by atoms with Crippen LogP contribution in [0.15, 0.2) is 0 Å². The summed E-state index contributed by atoms with van der Waals surface area (Å²) in [6.45, 7) is -3.02. The van der Waals surface area contributed by atoms with Gasteiger partial charge in [0.1, 0.15) is 0 Å². The SMILES string of the molecule is CCCCCCCCCCCCCCCCCC.OP(O)(O)=S.OP(O)(O)=S. The first-order valence-corrected chi connectivity index (χ1v) is 15.8. The van der Waals surface area contributed by atoms with Crippen LogP contribution in [0.1, 0.15) is 117 Å². The highest BCUT2D eigenvalue weighted by Gasteiger charge is 1.94. The molecule has 0 atom stereocenters. The van der Waals surface area contributed by atoms with Crippen molar-refractivity contribution in [2.24, 2.45) is 0 Å². The second-order valence-corrected chi connectivity index (χ2v) is 12.0. The van der Waals surface area contributed by atoms with Crippen LogP contribution in [0.25, 0.3) is 0 Å². The standard InChI is InChI=1S/C18H38.2H3O3PS/c1-3-5-7-9-11-13-15-17-18-16-14-12-10-8-6-4-2;2*1-4(2,3)5/h3-18H2,1-2H3;2*(H3,1,2,3,5). The van der Waals surface area contributed by atoms with Gasteiger partial charge in [-0.3, -0.25) is 0 Å². The van der Waals surface area contributed by atoms with Gasteiger partial charge in [0.05, 0.1) is 0 Å². The lowest BCUT2D eigenvalue weighted by atomic mass is 10.0. The van der Waals surface area contributed by atoms with Crippen LogP contribution in [0.5, 0.6) is 0 Å². The quantitative estimate of drug-likeness (QED) is 0.131. The highest BCUT2D eigenvalue weighted by molar-refractivity contribution is 8.06. The van der Waals surface area contributed by atoms with E-state index in [2.05, 4.69) is 37.5 Å². The molecule has 6 nitrogen and oxygen atoms in total. The predicted molar refractivity (Wildman–Crippen MR) is 127 cm³/mol. The van der Waals surface area contributed by atoms with E-state index in [4.69, 9.17) is 29.4 Å². The third-order valence-corrected chi connectivity index (χ3v) is 3.96. The van der Waals surface area contributed by atoms with Gasteiger partial charge in [-0.25, -0.2) is 0 Å². The number of unbranched alkanes of at least 4 members (excludes halogenated alkanes) is 15. The molecular weight excluding hydrogens is 438 g/mol. The summed E-state index contributed by atoms with van der Waals surface area (Å²) in [5.74, 6) is 0. The van der Waals surface area contributed by atoms with Gasteiger partial charge in [-0.15, -0.1) is 0 Å². The van der Waals surface area contributed by atoms with Crippen molar-refractivity contribution in [2.45, 2.75) is 117 Å². The van der Waals surface area contributed by atoms with Crippen LogP contribution in [-0.4, -0.2) is 29.4 Å². The summed E-state index contributed by atoms with van der Waals surface area (Å²) >= 11 is 7.21. The van der Waals surface area contributed by atoms with E-state index in [0.29, 0.717) is 0 Å². The maximum Gasteiger partial charge on any atom is 0.319 e. The molecule has 0 aromatic heterocycles. The molecule has 0 unspecified atom stereocenters. The Balaban J connectivity index is -0.000000512. The zero-order valence-corrected chi connectivity index (χ0v) is 21.1. The first kappa shape index (κ1) is 33.7. The van der Waals surface area contributed by atoms with Gasteiger partial charge in [0.2, 0.25) is 0 Å². The van der Waals surface area contributed by atoms with Gasteiger partial charge in [0, 0.05) is 0 Å². The van der Waals surface area contributed by atoms with Crippen molar-refractivity contribution >= 4 is 37.1 Å². The number of hydrogen-bond acceptors (Lipinski definition) is 2. The van der Waals surface area contributed by atoms with E-state index in [9.17, 15) is 0 Å². The zero-order chi connectivity index (χ0) is 22.3. The fraction of sp³-hybridized carbons (Fsp3) is 1.00. The van der Waals surface area contributed by atoms with Crippen molar-refractivity contribution in [3.8, 4) is 0 Å². The minimum atomic E-state index is -3.81. The van der Waals surface area contributed by atoms with E-state index in [-0.39, 0.29) is 0 Å². The lowest BCUT2D eigenvalue weighted by Crippen LogP contribution is -1.83. The van der Waals surface area contributed by atoms with Gasteiger partial charge >= 0.3 is 13.4 Å². The Morgan fingerprint density at radius 1 is 0.393 bits per heavy atom. The van der Waals surface area contributed by atoms with Crippen molar-refractivity contribution in [2.75, 3.05) is 0 Å². The van der Waals surface area contributed by atoms with Crippen molar-refractivity contribution in [3.63, 3.8) is 0 Å². The Morgan fingerprint density at radius 3 is 0.607 bits per heavy atom. The summed E-state index contributed by atoms with van der Waals surface area (Å²) in [5.41, 5.74) is 0. The normalized spacial score (nSPS) is 11.3. The maximum atomic E-state index is 7.56. The third-order valence-electron chi connectivity index (χ3n) is 3.96. The van der Waals surface area contributed by atoms with Crippen molar-refractivity contribution in [1.29, 1.82) is 0 Å². The minimum absolute atomic E-state index is 1.37. The van der Waals surface area contributed by atoms with Crippen LogP contribution < -0.4 is 0 Å². The van der Waals surface area contributed by atoms with Crippen molar-refractivity contribution in [3.05, 3.63) is 0 Å². The van der Waals surface area contributed by atoms with Gasteiger partial charge in [-0.2, -0.15) is 0 Å². The summed E-state index contributed by atoms with van der Waals surface area (Å²) in [4.78, 5) is 45.3. The van der Waals surface area contributed by atoms with E-state index in [1.165, 1.54) is 103 Å². The molecular formula is C18H44O6P2S2. The largest absolute Gasteiger partial charge is 0.325 e. The molecule has 0 radical (unpaired) electrons. The summed E-state index contributed by atoms with van der Waals surface area (Å²) in [6.07, 6.45) is 23.4. The lowest BCUT2D eigenvalue weighted by Gasteiger charge is -2.03. The van der Waals surface area contributed by atoms with Crippen LogP contribution >= 0.6 is 13.4 Å².